The van der Waals surface area contributed by atoms with E-state index in [2.05, 4.69) is 56.1 Å². The van der Waals surface area contributed by atoms with E-state index in [4.69, 9.17) is 4.74 Å². The van der Waals surface area contributed by atoms with Crippen LogP contribution in [-0.4, -0.2) is 32.3 Å². The number of aryl methyl sites for hydroxylation is 1. The highest BCUT2D eigenvalue weighted by Gasteiger charge is 2.27. The van der Waals surface area contributed by atoms with Crippen molar-refractivity contribution in [3.8, 4) is 5.75 Å². The number of piperazine rings is 1. The zero-order valence-electron chi connectivity index (χ0n) is 13.4. The highest BCUT2D eigenvalue weighted by Crippen LogP contribution is 2.32. The minimum absolute atomic E-state index is 0.495. The molecule has 1 aromatic rings. The molecule has 0 aliphatic carbocycles. The number of methoxy groups -OCH3 is 1. The Morgan fingerprint density at radius 1 is 1.40 bits per heavy atom. The lowest BCUT2D eigenvalue weighted by Crippen LogP contribution is -2.56. The Labute approximate surface area is 123 Å². The zero-order valence-corrected chi connectivity index (χ0v) is 13.4. The maximum atomic E-state index is 5.56. The smallest absolute Gasteiger partial charge is 0.142 e. The Morgan fingerprint density at radius 3 is 2.80 bits per heavy atom. The minimum Gasteiger partial charge on any atom is -0.495 e. The molecule has 0 bridgehead atoms. The summed E-state index contributed by atoms with van der Waals surface area (Å²) in [4.78, 5) is 2.50. The molecule has 1 heterocycles. The molecule has 1 aliphatic heterocycles. The van der Waals surface area contributed by atoms with Crippen LogP contribution in [0.2, 0.25) is 0 Å². The van der Waals surface area contributed by atoms with Crippen LogP contribution in [0.25, 0.3) is 0 Å². The van der Waals surface area contributed by atoms with E-state index >= 15 is 0 Å². The molecule has 3 heteroatoms. The van der Waals surface area contributed by atoms with E-state index in [9.17, 15) is 0 Å². The second-order valence-corrected chi connectivity index (χ2v) is 6.41. The van der Waals surface area contributed by atoms with Crippen molar-refractivity contribution in [2.45, 2.75) is 46.2 Å². The number of nitrogens with one attached hydrogen (secondary N) is 1. The third-order valence-corrected chi connectivity index (χ3v) is 4.05. The number of anilines is 1. The first kappa shape index (κ1) is 15.2. The van der Waals surface area contributed by atoms with E-state index in [-0.39, 0.29) is 0 Å². The van der Waals surface area contributed by atoms with Crippen molar-refractivity contribution in [3.05, 3.63) is 23.8 Å². The molecule has 0 saturated carbocycles. The number of rotatable bonds is 4. The van der Waals surface area contributed by atoms with E-state index < -0.39 is 0 Å². The predicted octanol–water partition coefficient (Wildman–Crippen LogP) is 3.22. The fourth-order valence-corrected chi connectivity index (χ4v) is 3.02. The summed E-state index contributed by atoms with van der Waals surface area (Å²) in [7, 11) is 1.76. The number of ether oxygens (including phenoxy) is 1. The Bertz CT molecular complexity index is 445. The van der Waals surface area contributed by atoms with Gasteiger partial charge in [-0.15, -0.1) is 0 Å². The summed E-state index contributed by atoms with van der Waals surface area (Å²) < 4.78 is 5.56. The summed E-state index contributed by atoms with van der Waals surface area (Å²) in [5.41, 5.74) is 2.52. The number of hydrogen-bond acceptors (Lipinski definition) is 3. The first-order valence-electron chi connectivity index (χ1n) is 7.66. The van der Waals surface area contributed by atoms with Gasteiger partial charge in [-0.05, 0) is 43.9 Å². The van der Waals surface area contributed by atoms with Gasteiger partial charge in [0.15, 0.2) is 0 Å². The van der Waals surface area contributed by atoms with Crippen LogP contribution in [0.1, 0.15) is 32.8 Å². The maximum absolute atomic E-state index is 5.56. The van der Waals surface area contributed by atoms with Gasteiger partial charge in [-0.1, -0.05) is 19.9 Å². The molecule has 1 saturated heterocycles. The molecule has 1 aromatic carbocycles. The molecule has 1 aliphatic rings. The third-order valence-electron chi connectivity index (χ3n) is 4.05. The van der Waals surface area contributed by atoms with Crippen molar-refractivity contribution in [1.29, 1.82) is 0 Å². The lowest BCUT2D eigenvalue weighted by atomic mass is 9.99. The zero-order chi connectivity index (χ0) is 14.7. The monoisotopic (exact) mass is 276 g/mol. The molecule has 2 unspecified atom stereocenters. The second-order valence-electron chi connectivity index (χ2n) is 6.41. The molecule has 2 rings (SSSR count). The Balaban J connectivity index is 2.22. The van der Waals surface area contributed by atoms with Gasteiger partial charge in [-0.2, -0.15) is 0 Å². The summed E-state index contributed by atoms with van der Waals surface area (Å²) in [6.07, 6.45) is 1.22. The van der Waals surface area contributed by atoms with Gasteiger partial charge in [0, 0.05) is 25.2 Å². The molecule has 112 valence electrons. The highest BCUT2D eigenvalue weighted by molar-refractivity contribution is 5.61. The average Bonchev–Trinajstić information content (AvgIpc) is 2.40. The van der Waals surface area contributed by atoms with E-state index in [0.29, 0.717) is 12.1 Å². The van der Waals surface area contributed by atoms with Crippen LogP contribution in [0.15, 0.2) is 18.2 Å². The third kappa shape index (κ3) is 3.45. The molecule has 3 nitrogen and oxygen atoms in total. The van der Waals surface area contributed by atoms with Crippen molar-refractivity contribution in [3.63, 3.8) is 0 Å². The summed E-state index contributed by atoms with van der Waals surface area (Å²) in [6.45, 7) is 11.1. The van der Waals surface area contributed by atoms with Crippen LogP contribution in [0, 0.1) is 12.8 Å². The Morgan fingerprint density at radius 2 is 2.15 bits per heavy atom. The van der Waals surface area contributed by atoms with Gasteiger partial charge in [-0.25, -0.2) is 0 Å². The van der Waals surface area contributed by atoms with Crippen molar-refractivity contribution >= 4 is 5.69 Å². The largest absolute Gasteiger partial charge is 0.495 e. The molecule has 1 N–H and O–H groups in total. The summed E-state index contributed by atoms with van der Waals surface area (Å²) in [6, 6.07) is 7.50. The van der Waals surface area contributed by atoms with Crippen molar-refractivity contribution in [2.75, 3.05) is 25.1 Å². The fourth-order valence-electron chi connectivity index (χ4n) is 3.02. The van der Waals surface area contributed by atoms with E-state index in [1.54, 1.807) is 7.11 Å². The molecular formula is C17H28N2O. The van der Waals surface area contributed by atoms with Crippen LogP contribution in [0.4, 0.5) is 5.69 Å². The van der Waals surface area contributed by atoms with Gasteiger partial charge in [0.25, 0.3) is 0 Å². The minimum atomic E-state index is 0.495. The molecule has 0 radical (unpaired) electrons. The van der Waals surface area contributed by atoms with E-state index in [0.717, 1.165) is 24.8 Å². The Hall–Kier alpha value is -1.22. The molecule has 1 fully saturated rings. The van der Waals surface area contributed by atoms with Crippen molar-refractivity contribution in [2.24, 2.45) is 5.92 Å². The number of hydrogen-bond donors (Lipinski definition) is 1. The van der Waals surface area contributed by atoms with Crippen LogP contribution >= 0.6 is 0 Å². The number of nitrogens with zero attached hydrogens (tertiary/aromatic N) is 1. The first-order valence-corrected chi connectivity index (χ1v) is 7.66. The van der Waals surface area contributed by atoms with Crippen molar-refractivity contribution < 1.29 is 4.74 Å². The molecule has 0 aromatic heterocycles. The number of benzene rings is 1. The average molecular weight is 276 g/mol. The second kappa shape index (κ2) is 6.49. The van der Waals surface area contributed by atoms with Gasteiger partial charge >= 0.3 is 0 Å². The van der Waals surface area contributed by atoms with Gasteiger partial charge in [0.1, 0.15) is 5.75 Å². The van der Waals surface area contributed by atoms with E-state index in [1.807, 2.05) is 0 Å². The van der Waals surface area contributed by atoms with Gasteiger partial charge in [0.2, 0.25) is 0 Å². The highest BCUT2D eigenvalue weighted by atomic mass is 16.5. The quantitative estimate of drug-likeness (QED) is 0.914. The van der Waals surface area contributed by atoms with Crippen LogP contribution in [0.3, 0.4) is 0 Å². The SMILES string of the molecule is COc1ccc(C)cc1N1CC(CC(C)C)NCC1C. The van der Waals surface area contributed by atoms with Gasteiger partial charge in [-0.3, -0.25) is 0 Å². The van der Waals surface area contributed by atoms with Crippen LogP contribution < -0.4 is 15.0 Å². The summed E-state index contributed by atoms with van der Waals surface area (Å²) in [5.74, 6) is 1.70. The van der Waals surface area contributed by atoms with Crippen LogP contribution in [-0.2, 0) is 0 Å². The van der Waals surface area contributed by atoms with Crippen LogP contribution in [0.5, 0.6) is 5.75 Å². The summed E-state index contributed by atoms with van der Waals surface area (Å²) >= 11 is 0. The normalized spacial score (nSPS) is 23.2. The topological polar surface area (TPSA) is 24.5 Å². The van der Waals surface area contributed by atoms with Gasteiger partial charge in [0.05, 0.1) is 12.8 Å². The Kier molecular flexibility index (Phi) is 4.92. The lowest BCUT2D eigenvalue weighted by Gasteiger charge is -2.41. The van der Waals surface area contributed by atoms with E-state index in [1.165, 1.54) is 17.7 Å². The predicted molar refractivity (Wildman–Crippen MR) is 85.8 cm³/mol. The first-order chi connectivity index (χ1) is 9.51. The fraction of sp³-hybridized carbons (Fsp3) is 0.647. The van der Waals surface area contributed by atoms with Crippen molar-refractivity contribution in [1.82, 2.24) is 5.32 Å². The lowest BCUT2D eigenvalue weighted by molar-refractivity contribution is 0.351. The van der Waals surface area contributed by atoms with Gasteiger partial charge < -0.3 is 15.0 Å². The molecule has 0 spiro atoms. The molecule has 2 atom stereocenters. The standard InChI is InChI=1S/C17H28N2O/c1-12(2)8-15-11-19(14(4)10-18-15)16-9-13(3)6-7-17(16)20-5/h6-7,9,12,14-15,18H,8,10-11H2,1-5H3. The maximum Gasteiger partial charge on any atom is 0.142 e. The molecule has 0 amide bonds. The summed E-state index contributed by atoms with van der Waals surface area (Å²) in [5, 5.41) is 3.67. The molecule has 20 heavy (non-hydrogen) atoms. The molecular weight excluding hydrogens is 248 g/mol.